The topological polar surface area (TPSA) is 53.1 Å². The van der Waals surface area contributed by atoms with Crippen molar-refractivity contribution >= 4 is 6.34 Å². The highest BCUT2D eigenvalue weighted by Crippen LogP contribution is 2.09. The van der Waals surface area contributed by atoms with Gasteiger partial charge in [0.15, 0.2) is 0 Å². The van der Waals surface area contributed by atoms with Gasteiger partial charge in [0.25, 0.3) is 0 Å². The van der Waals surface area contributed by atoms with Crippen LogP contribution in [0.25, 0.3) is 0 Å². The molecule has 1 rings (SSSR count). The van der Waals surface area contributed by atoms with Crippen LogP contribution in [0.2, 0.25) is 0 Å². The quantitative estimate of drug-likeness (QED) is 0.333. The molecule has 0 saturated carbocycles. The van der Waals surface area contributed by atoms with Gasteiger partial charge in [-0.3, -0.25) is 5.41 Å². The standard InChI is InChI=1S/C7H13N3/c8-3-1-7-2-4-10(5-7)6-9/h2,6,9H,1,3-5,8H2. The van der Waals surface area contributed by atoms with E-state index in [1.807, 2.05) is 4.90 Å². The Morgan fingerprint density at radius 3 is 3.10 bits per heavy atom. The van der Waals surface area contributed by atoms with Gasteiger partial charge in [0.1, 0.15) is 0 Å². The molecule has 3 N–H and O–H groups in total. The molecule has 1 aliphatic rings. The maximum absolute atomic E-state index is 6.96. The Kier molecular flexibility index (Phi) is 2.45. The van der Waals surface area contributed by atoms with Crippen molar-refractivity contribution in [2.24, 2.45) is 5.73 Å². The molecule has 3 nitrogen and oxygen atoms in total. The first-order valence-electron chi connectivity index (χ1n) is 3.49. The van der Waals surface area contributed by atoms with Gasteiger partial charge >= 0.3 is 0 Å². The molecule has 0 bridgehead atoms. The van der Waals surface area contributed by atoms with E-state index in [9.17, 15) is 0 Å². The summed E-state index contributed by atoms with van der Waals surface area (Å²) in [7, 11) is 0. The highest BCUT2D eigenvalue weighted by Gasteiger charge is 2.08. The summed E-state index contributed by atoms with van der Waals surface area (Å²) in [6.45, 7) is 2.51. The fourth-order valence-corrected chi connectivity index (χ4v) is 1.10. The molecule has 0 aromatic rings. The van der Waals surface area contributed by atoms with Crippen LogP contribution in [0.4, 0.5) is 0 Å². The smallest absolute Gasteiger partial charge is 0.0823 e. The van der Waals surface area contributed by atoms with Crippen LogP contribution in [-0.2, 0) is 0 Å². The van der Waals surface area contributed by atoms with Gasteiger partial charge in [0.05, 0.1) is 6.34 Å². The molecule has 0 atom stereocenters. The van der Waals surface area contributed by atoms with Crippen molar-refractivity contribution in [3.8, 4) is 0 Å². The van der Waals surface area contributed by atoms with Gasteiger partial charge in [-0.2, -0.15) is 0 Å². The molecule has 1 aliphatic heterocycles. The predicted octanol–water partition coefficient (Wildman–Crippen LogP) is 0.184. The fourth-order valence-electron chi connectivity index (χ4n) is 1.10. The summed E-state index contributed by atoms with van der Waals surface area (Å²) in [6.07, 6.45) is 4.50. The van der Waals surface area contributed by atoms with E-state index in [4.69, 9.17) is 11.1 Å². The summed E-state index contributed by atoms with van der Waals surface area (Å²) in [4.78, 5) is 1.95. The first-order valence-corrected chi connectivity index (χ1v) is 3.49. The van der Waals surface area contributed by atoms with Gasteiger partial charge in [-0.1, -0.05) is 11.6 Å². The van der Waals surface area contributed by atoms with Crippen LogP contribution in [0.1, 0.15) is 6.42 Å². The minimum atomic E-state index is 0.720. The van der Waals surface area contributed by atoms with Crippen LogP contribution in [0.5, 0.6) is 0 Å². The number of hydrogen-bond acceptors (Lipinski definition) is 2. The largest absolute Gasteiger partial charge is 0.355 e. The van der Waals surface area contributed by atoms with E-state index in [-0.39, 0.29) is 0 Å². The molecule has 0 amide bonds. The minimum Gasteiger partial charge on any atom is -0.355 e. The average molecular weight is 139 g/mol. The average Bonchev–Trinajstić information content (AvgIpc) is 2.37. The van der Waals surface area contributed by atoms with Crippen molar-refractivity contribution in [2.75, 3.05) is 19.6 Å². The molecular weight excluding hydrogens is 126 g/mol. The molecule has 0 aliphatic carbocycles. The number of nitrogens with zero attached hydrogens (tertiary/aromatic N) is 1. The zero-order chi connectivity index (χ0) is 7.40. The molecule has 56 valence electrons. The molecule has 0 saturated heterocycles. The first-order chi connectivity index (χ1) is 4.86. The zero-order valence-electron chi connectivity index (χ0n) is 6.01. The monoisotopic (exact) mass is 139 g/mol. The molecular formula is C7H13N3. The molecule has 0 aromatic heterocycles. The third-order valence-corrected chi connectivity index (χ3v) is 1.67. The van der Waals surface area contributed by atoms with E-state index in [0.29, 0.717) is 0 Å². The zero-order valence-corrected chi connectivity index (χ0v) is 6.01. The lowest BCUT2D eigenvalue weighted by Crippen LogP contribution is -2.18. The number of rotatable bonds is 3. The van der Waals surface area contributed by atoms with Crippen molar-refractivity contribution < 1.29 is 0 Å². The molecule has 10 heavy (non-hydrogen) atoms. The van der Waals surface area contributed by atoms with Gasteiger partial charge in [0.2, 0.25) is 0 Å². The molecule has 0 radical (unpaired) electrons. The number of nitrogens with two attached hydrogens (primary N) is 1. The number of nitrogens with one attached hydrogen (secondary N) is 1. The second-order valence-electron chi connectivity index (χ2n) is 2.46. The highest BCUT2D eigenvalue weighted by atomic mass is 15.1. The Hall–Kier alpha value is -0.830. The first kappa shape index (κ1) is 7.28. The maximum Gasteiger partial charge on any atom is 0.0823 e. The van der Waals surface area contributed by atoms with Crippen LogP contribution in [0.3, 0.4) is 0 Å². The lowest BCUT2D eigenvalue weighted by molar-refractivity contribution is 0.541. The summed E-state index contributed by atoms with van der Waals surface area (Å²) in [5, 5.41) is 6.96. The summed E-state index contributed by atoms with van der Waals surface area (Å²) in [5.41, 5.74) is 6.75. The molecule has 1 heterocycles. The second kappa shape index (κ2) is 3.37. The van der Waals surface area contributed by atoms with Crippen LogP contribution < -0.4 is 5.73 Å². The van der Waals surface area contributed by atoms with E-state index in [1.54, 1.807) is 0 Å². The van der Waals surface area contributed by atoms with Crippen LogP contribution in [0, 0.1) is 5.41 Å². The lowest BCUT2D eigenvalue weighted by Gasteiger charge is -2.09. The van der Waals surface area contributed by atoms with E-state index in [1.165, 1.54) is 11.9 Å². The Bertz CT molecular complexity index is 151. The van der Waals surface area contributed by atoms with Crippen LogP contribution >= 0.6 is 0 Å². The highest BCUT2D eigenvalue weighted by molar-refractivity contribution is 5.53. The summed E-state index contributed by atoms with van der Waals surface area (Å²) >= 11 is 0. The second-order valence-corrected chi connectivity index (χ2v) is 2.46. The predicted molar refractivity (Wildman–Crippen MR) is 42.1 cm³/mol. The molecule has 0 fully saturated rings. The Morgan fingerprint density at radius 2 is 2.60 bits per heavy atom. The van der Waals surface area contributed by atoms with Gasteiger partial charge < -0.3 is 10.6 Å². The summed E-state index contributed by atoms with van der Waals surface area (Å²) < 4.78 is 0. The summed E-state index contributed by atoms with van der Waals surface area (Å²) in [5.74, 6) is 0. The third kappa shape index (κ3) is 1.57. The Balaban J connectivity index is 2.31. The van der Waals surface area contributed by atoms with Gasteiger partial charge in [-0.15, -0.1) is 0 Å². The van der Waals surface area contributed by atoms with Crippen molar-refractivity contribution in [1.82, 2.24) is 4.90 Å². The van der Waals surface area contributed by atoms with E-state index in [0.717, 1.165) is 26.1 Å². The van der Waals surface area contributed by atoms with Gasteiger partial charge in [-0.25, -0.2) is 0 Å². The minimum absolute atomic E-state index is 0.720. The van der Waals surface area contributed by atoms with Crippen LogP contribution in [0.15, 0.2) is 11.6 Å². The van der Waals surface area contributed by atoms with Gasteiger partial charge in [-0.05, 0) is 13.0 Å². The Morgan fingerprint density at radius 1 is 1.80 bits per heavy atom. The normalized spacial score (nSPS) is 17.3. The van der Waals surface area contributed by atoms with Crippen molar-refractivity contribution in [3.63, 3.8) is 0 Å². The van der Waals surface area contributed by atoms with Crippen LogP contribution in [-0.4, -0.2) is 30.9 Å². The maximum atomic E-state index is 6.96. The summed E-state index contributed by atoms with van der Waals surface area (Å²) in [6, 6.07) is 0. The Labute approximate surface area is 61.0 Å². The van der Waals surface area contributed by atoms with Crippen molar-refractivity contribution in [1.29, 1.82) is 5.41 Å². The molecule has 0 spiro atoms. The van der Waals surface area contributed by atoms with E-state index < -0.39 is 0 Å². The van der Waals surface area contributed by atoms with E-state index in [2.05, 4.69) is 6.08 Å². The fraction of sp³-hybridized carbons (Fsp3) is 0.571. The molecule has 3 heteroatoms. The lowest BCUT2D eigenvalue weighted by atomic mass is 10.2. The van der Waals surface area contributed by atoms with Gasteiger partial charge in [0, 0.05) is 13.1 Å². The molecule has 0 unspecified atom stereocenters. The number of hydrogen-bond donors (Lipinski definition) is 2. The SMILES string of the molecule is N=CN1CC=C(CCN)C1. The van der Waals surface area contributed by atoms with Crippen molar-refractivity contribution in [3.05, 3.63) is 11.6 Å². The molecule has 0 aromatic carbocycles. The van der Waals surface area contributed by atoms with Crippen molar-refractivity contribution in [2.45, 2.75) is 6.42 Å². The third-order valence-electron chi connectivity index (χ3n) is 1.67. The van der Waals surface area contributed by atoms with E-state index >= 15 is 0 Å².